The van der Waals surface area contributed by atoms with Crippen LogP contribution < -0.4 is 10.2 Å². The predicted molar refractivity (Wildman–Crippen MR) is 205 cm³/mol. The predicted octanol–water partition coefficient (Wildman–Crippen LogP) is 5.67. The number of hydrogen-bond acceptors (Lipinski definition) is 7. The molecule has 0 aromatic heterocycles. The first kappa shape index (κ1) is 38.2. The molecule has 6 rings (SSSR count). The quantitative estimate of drug-likeness (QED) is 0.116. The van der Waals surface area contributed by atoms with Crippen molar-refractivity contribution in [2.24, 2.45) is 11.8 Å². The number of nitrogens with one attached hydrogen (secondary N) is 1. The number of ether oxygens (including phenoxy) is 2. The maximum absolute atomic E-state index is 15.3. The van der Waals surface area contributed by atoms with Crippen LogP contribution in [0.15, 0.2) is 104 Å². The van der Waals surface area contributed by atoms with Crippen LogP contribution in [0.4, 0.5) is 5.69 Å². The van der Waals surface area contributed by atoms with Crippen LogP contribution in [0, 0.1) is 25.7 Å². The molecule has 3 aromatic rings. The normalized spacial score (nSPS) is 25.3. The molecule has 0 radical (unpaired) electrons. The highest BCUT2D eigenvalue weighted by molar-refractivity contribution is 9.09. The van der Waals surface area contributed by atoms with Gasteiger partial charge < -0.3 is 29.7 Å². The smallest absolute Gasteiger partial charge is 0.306 e. The molecule has 3 aliphatic rings. The van der Waals surface area contributed by atoms with E-state index in [9.17, 15) is 14.7 Å². The van der Waals surface area contributed by atoms with Crippen molar-refractivity contribution in [1.82, 2.24) is 10.2 Å². The summed E-state index contributed by atoms with van der Waals surface area (Å²) in [4.78, 5) is 60.2. The molecule has 1 spiro atoms. The lowest BCUT2D eigenvalue weighted by Crippen LogP contribution is -2.58. The Kier molecular flexibility index (Phi) is 11.7. The van der Waals surface area contributed by atoms with E-state index in [0.717, 1.165) is 16.7 Å². The van der Waals surface area contributed by atoms with Gasteiger partial charge in [0.2, 0.25) is 11.8 Å². The number of carbonyl (C=O) groups is 4. The summed E-state index contributed by atoms with van der Waals surface area (Å²) < 4.78 is 12.4. The maximum atomic E-state index is 15.3. The van der Waals surface area contributed by atoms with Crippen molar-refractivity contribution < 1.29 is 33.8 Å². The highest BCUT2D eigenvalue weighted by atomic mass is 79.9. The molecule has 3 saturated heterocycles. The largest absolute Gasteiger partial charge is 0.463 e. The van der Waals surface area contributed by atoms with Crippen LogP contribution in [-0.2, 0) is 28.7 Å². The Morgan fingerprint density at radius 2 is 1.66 bits per heavy atom. The molecular formula is C42H46BrN3O7. The Bertz CT molecular complexity index is 1840. The van der Waals surface area contributed by atoms with E-state index in [4.69, 9.17) is 9.47 Å². The summed E-state index contributed by atoms with van der Waals surface area (Å²) in [6, 6.07) is 21.3. The molecule has 278 valence electrons. The molecule has 10 nitrogen and oxygen atoms in total. The first-order chi connectivity index (χ1) is 25.6. The van der Waals surface area contributed by atoms with Crippen molar-refractivity contribution in [1.29, 1.82) is 0 Å². The lowest BCUT2D eigenvalue weighted by atomic mass is 9.70. The van der Waals surface area contributed by atoms with Gasteiger partial charge in [-0.2, -0.15) is 0 Å². The molecular weight excluding hydrogens is 738 g/mol. The number of nitrogens with zero attached hydrogens (tertiary/aromatic N) is 2. The number of allylic oxidation sites excluding steroid dienone is 1. The van der Waals surface area contributed by atoms with E-state index in [0.29, 0.717) is 17.7 Å². The van der Waals surface area contributed by atoms with Gasteiger partial charge in [0.05, 0.1) is 36.6 Å². The fourth-order valence-corrected chi connectivity index (χ4v) is 9.40. The van der Waals surface area contributed by atoms with Gasteiger partial charge >= 0.3 is 5.97 Å². The highest BCUT2D eigenvalue weighted by Gasteiger charge is 2.77. The molecule has 8 atom stereocenters. The number of benzene rings is 3. The van der Waals surface area contributed by atoms with Gasteiger partial charge in [-0.15, -0.1) is 13.2 Å². The van der Waals surface area contributed by atoms with E-state index >= 15 is 9.59 Å². The van der Waals surface area contributed by atoms with Gasteiger partial charge in [0.25, 0.3) is 5.91 Å². The van der Waals surface area contributed by atoms with E-state index in [1.165, 1.54) is 4.90 Å². The molecule has 0 aliphatic carbocycles. The minimum absolute atomic E-state index is 0.119. The van der Waals surface area contributed by atoms with Gasteiger partial charge in [-0.1, -0.05) is 107 Å². The Labute approximate surface area is 319 Å². The Hall–Kier alpha value is -4.58. The second kappa shape index (κ2) is 16.2. The molecule has 53 heavy (non-hydrogen) atoms. The molecule has 3 fully saturated rings. The van der Waals surface area contributed by atoms with E-state index in [2.05, 4.69) is 34.4 Å². The third-order valence-corrected chi connectivity index (χ3v) is 11.6. The van der Waals surface area contributed by atoms with E-state index < -0.39 is 66.1 Å². The standard InChI is InChI=1S/C42H46BrN3O7/c1-5-7-21-33(48)52-25-31(28-17-10-8-11-18-28)44-39(49)34-35-40(50)46(32(24-47)29-19-12-9-13-20-29)38(42(35)23-30(43)37(34)53-42)41(51)45(22-6-2)36-26(3)15-14-16-27(36)4/h5-6,8-20,30-32,34-35,37-38,47H,1-2,7,21-25H2,3-4H3,(H,44,49)/t30?,31-,32-,34+,35-,37+,38+,42-/m1/s1. The average molecular weight is 785 g/mol. The number of halogens is 1. The van der Waals surface area contributed by atoms with E-state index in [1.54, 1.807) is 17.1 Å². The van der Waals surface area contributed by atoms with Crippen LogP contribution in [0.1, 0.15) is 53.6 Å². The third-order valence-electron chi connectivity index (χ3n) is 10.7. The molecule has 11 heteroatoms. The maximum Gasteiger partial charge on any atom is 0.306 e. The molecule has 2 bridgehead atoms. The second-order valence-electron chi connectivity index (χ2n) is 14.0. The van der Waals surface area contributed by atoms with Crippen molar-refractivity contribution in [2.75, 3.05) is 24.7 Å². The Morgan fingerprint density at radius 3 is 2.26 bits per heavy atom. The van der Waals surface area contributed by atoms with Crippen LogP contribution in [0.3, 0.4) is 0 Å². The number of aliphatic hydroxyl groups excluding tert-OH is 1. The number of carbonyl (C=O) groups excluding carboxylic acids is 4. The number of aryl methyl sites for hydroxylation is 2. The summed E-state index contributed by atoms with van der Waals surface area (Å²) >= 11 is 3.77. The first-order valence-electron chi connectivity index (χ1n) is 18.0. The van der Waals surface area contributed by atoms with E-state index in [1.807, 2.05) is 92.7 Å². The zero-order valence-electron chi connectivity index (χ0n) is 30.0. The van der Waals surface area contributed by atoms with Crippen LogP contribution in [0.5, 0.6) is 0 Å². The third kappa shape index (κ3) is 7.10. The zero-order valence-corrected chi connectivity index (χ0v) is 31.6. The number of amides is 3. The molecule has 3 amide bonds. The number of esters is 1. The van der Waals surface area contributed by atoms with E-state index in [-0.39, 0.29) is 36.7 Å². The topological polar surface area (TPSA) is 125 Å². The number of rotatable bonds is 15. The minimum atomic E-state index is -1.40. The highest BCUT2D eigenvalue weighted by Crippen LogP contribution is 2.61. The second-order valence-corrected chi connectivity index (χ2v) is 15.2. The van der Waals surface area contributed by atoms with Crippen molar-refractivity contribution in [3.8, 4) is 0 Å². The Balaban J connectivity index is 1.42. The lowest BCUT2D eigenvalue weighted by Gasteiger charge is -2.40. The van der Waals surface area contributed by atoms with Crippen molar-refractivity contribution in [2.45, 2.75) is 67.8 Å². The summed E-state index contributed by atoms with van der Waals surface area (Å²) in [7, 11) is 0. The number of fused-ring (bicyclic) bond motifs is 1. The first-order valence-corrected chi connectivity index (χ1v) is 18.9. The number of aliphatic hydroxyl groups is 1. The van der Waals surface area contributed by atoms with Crippen molar-refractivity contribution in [3.63, 3.8) is 0 Å². The molecule has 3 heterocycles. The monoisotopic (exact) mass is 783 g/mol. The number of para-hydroxylation sites is 1. The van der Waals surface area contributed by atoms with Crippen LogP contribution in [0.25, 0.3) is 0 Å². The van der Waals surface area contributed by atoms with Crippen molar-refractivity contribution in [3.05, 3.63) is 126 Å². The van der Waals surface area contributed by atoms with Crippen LogP contribution >= 0.6 is 15.9 Å². The number of alkyl halides is 1. The zero-order chi connectivity index (χ0) is 37.9. The summed E-state index contributed by atoms with van der Waals surface area (Å²) in [6.07, 6.45) is 3.46. The van der Waals surface area contributed by atoms with Gasteiger partial charge in [0.1, 0.15) is 18.2 Å². The van der Waals surface area contributed by atoms with Gasteiger partial charge in [-0.05, 0) is 48.9 Å². The average Bonchev–Trinajstić information content (AvgIpc) is 3.76. The fourth-order valence-electron chi connectivity index (χ4n) is 8.45. The van der Waals surface area contributed by atoms with Crippen LogP contribution in [0.2, 0.25) is 0 Å². The van der Waals surface area contributed by atoms with Crippen LogP contribution in [-0.4, -0.2) is 76.0 Å². The number of hydrogen-bond donors (Lipinski definition) is 2. The number of anilines is 1. The summed E-state index contributed by atoms with van der Waals surface area (Å²) in [5, 5.41) is 14.0. The summed E-state index contributed by atoms with van der Waals surface area (Å²) in [6.45, 7) is 11.0. The molecule has 2 N–H and O–H groups in total. The SMILES string of the molecule is C=CCCC(=O)OC[C@@H](NC(=O)[C@@H]1[C@H]2O[C@@]3(CC2Br)[C@H](C(=O)N(CC=C)c2c(C)cccc2C)N([C@H](CO)c2ccccc2)C(=O)[C@@H]13)c1ccccc1. The molecule has 3 aromatic carbocycles. The van der Waals surface area contributed by atoms with Crippen molar-refractivity contribution >= 4 is 45.3 Å². The van der Waals surface area contributed by atoms with Gasteiger partial charge in [0, 0.05) is 23.5 Å². The lowest BCUT2D eigenvalue weighted by molar-refractivity contribution is -0.146. The molecule has 1 unspecified atom stereocenters. The summed E-state index contributed by atoms with van der Waals surface area (Å²) in [5.74, 6) is -3.74. The van der Waals surface area contributed by atoms with Gasteiger partial charge in [0.15, 0.2) is 0 Å². The summed E-state index contributed by atoms with van der Waals surface area (Å²) in [5.41, 5.74) is 2.42. The Morgan fingerprint density at radius 1 is 1.02 bits per heavy atom. The molecule has 0 saturated carbocycles. The molecule has 3 aliphatic heterocycles. The minimum Gasteiger partial charge on any atom is -0.463 e. The number of likely N-dealkylation sites (tertiary alicyclic amines) is 1. The van der Waals surface area contributed by atoms with Gasteiger partial charge in [-0.25, -0.2) is 0 Å². The fraction of sp³-hybridized carbons (Fsp3) is 0.381. The van der Waals surface area contributed by atoms with Gasteiger partial charge in [-0.3, -0.25) is 19.2 Å².